The van der Waals surface area contributed by atoms with Crippen molar-refractivity contribution in [2.75, 3.05) is 19.6 Å². The molecular formula is C23H31N5O. The first-order chi connectivity index (χ1) is 14.1. The minimum absolute atomic E-state index is 0.146. The van der Waals surface area contributed by atoms with Gasteiger partial charge in [0.15, 0.2) is 5.65 Å². The average molecular weight is 394 g/mol. The van der Waals surface area contributed by atoms with Crippen LogP contribution in [0.2, 0.25) is 0 Å². The SMILES string of the molecule is Cc1nc2c(C(=O)N3C[C@@H]4C[C@H](C3)[C@@H]3CCC[C@H](C5CC5)N3C4)ccnc2n1C. The zero-order chi connectivity index (χ0) is 19.7. The summed E-state index contributed by atoms with van der Waals surface area (Å²) in [6.07, 6.45) is 10.0. The number of amides is 1. The quantitative estimate of drug-likeness (QED) is 0.787. The standard InChI is InChI=1S/C23H31N5O/c1-14-25-21-18(8-9-24-22(21)26(14)2)23(29)27-11-15-10-17(13-27)20-5-3-4-19(16-6-7-16)28(20)12-15/h8-9,15-17,19-20H,3-7,10-13H2,1-2H3/t15-,17+,19+,20-/m0/s1. The smallest absolute Gasteiger partial charge is 0.256 e. The summed E-state index contributed by atoms with van der Waals surface area (Å²) < 4.78 is 1.97. The first-order valence-electron chi connectivity index (χ1n) is 11.4. The molecule has 3 aliphatic heterocycles. The summed E-state index contributed by atoms with van der Waals surface area (Å²) in [6, 6.07) is 3.38. The minimum atomic E-state index is 0.146. The molecule has 4 atom stereocenters. The number of piperidine rings is 3. The molecule has 1 aliphatic carbocycles. The number of hydrogen-bond acceptors (Lipinski definition) is 4. The molecule has 6 rings (SSSR count). The summed E-state index contributed by atoms with van der Waals surface area (Å²) in [5.41, 5.74) is 2.27. The van der Waals surface area contributed by atoms with Crippen LogP contribution < -0.4 is 0 Å². The van der Waals surface area contributed by atoms with E-state index >= 15 is 0 Å². The predicted octanol–water partition coefficient (Wildman–Crippen LogP) is 3.00. The monoisotopic (exact) mass is 393 g/mol. The molecule has 29 heavy (non-hydrogen) atoms. The van der Waals surface area contributed by atoms with E-state index in [1.54, 1.807) is 6.20 Å². The molecule has 0 unspecified atom stereocenters. The Morgan fingerprint density at radius 1 is 1.07 bits per heavy atom. The van der Waals surface area contributed by atoms with Gasteiger partial charge in [-0.3, -0.25) is 9.69 Å². The van der Waals surface area contributed by atoms with E-state index in [2.05, 4.69) is 19.8 Å². The maximum Gasteiger partial charge on any atom is 0.256 e. The van der Waals surface area contributed by atoms with Crippen LogP contribution >= 0.6 is 0 Å². The number of fused-ring (bicyclic) bond motifs is 5. The van der Waals surface area contributed by atoms with Crippen molar-refractivity contribution in [3.05, 3.63) is 23.7 Å². The highest BCUT2D eigenvalue weighted by Gasteiger charge is 2.48. The van der Waals surface area contributed by atoms with E-state index in [0.29, 0.717) is 17.9 Å². The summed E-state index contributed by atoms with van der Waals surface area (Å²) in [4.78, 5) is 27.7. The third-order valence-corrected chi connectivity index (χ3v) is 8.10. The van der Waals surface area contributed by atoms with Gasteiger partial charge in [-0.05, 0) is 62.8 Å². The van der Waals surface area contributed by atoms with Crippen LogP contribution in [0.15, 0.2) is 12.3 Å². The second-order valence-corrected chi connectivity index (χ2v) is 9.92. The van der Waals surface area contributed by atoms with Crippen molar-refractivity contribution in [3.8, 4) is 0 Å². The van der Waals surface area contributed by atoms with Gasteiger partial charge in [0.2, 0.25) is 0 Å². The molecule has 3 saturated heterocycles. The highest BCUT2D eigenvalue weighted by molar-refractivity contribution is 6.04. The Hall–Kier alpha value is -1.95. The van der Waals surface area contributed by atoms with E-state index in [1.165, 1.54) is 45.1 Å². The van der Waals surface area contributed by atoms with E-state index in [4.69, 9.17) is 0 Å². The highest BCUT2D eigenvalue weighted by Crippen LogP contribution is 2.46. The lowest BCUT2D eigenvalue weighted by atomic mass is 9.74. The predicted molar refractivity (Wildman–Crippen MR) is 112 cm³/mol. The van der Waals surface area contributed by atoms with Crippen LogP contribution in [0.4, 0.5) is 0 Å². The van der Waals surface area contributed by atoms with Crippen LogP contribution in [0.25, 0.3) is 11.2 Å². The van der Waals surface area contributed by atoms with E-state index in [9.17, 15) is 4.79 Å². The Balaban J connectivity index is 1.27. The largest absolute Gasteiger partial charge is 0.338 e. The van der Waals surface area contributed by atoms with Crippen LogP contribution in [0.5, 0.6) is 0 Å². The number of aryl methyl sites for hydroxylation is 2. The first kappa shape index (κ1) is 17.9. The Kier molecular flexibility index (Phi) is 4.02. The number of carbonyl (C=O) groups is 1. The van der Waals surface area contributed by atoms with Crippen molar-refractivity contribution in [1.82, 2.24) is 24.3 Å². The summed E-state index contributed by atoms with van der Waals surface area (Å²) >= 11 is 0. The number of aromatic nitrogens is 3. The molecule has 0 N–H and O–H groups in total. The maximum absolute atomic E-state index is 13.5. The van der Waals surface area contributed by atoms with E-state index in [-0.39, 0.29) is 5.91 Å². The number of pyridine rings is 1. The van der Waals surface area contributed by atoms with Gasteiger partial charge in [-0.2, -0.15) is 0 Å². The molecule has 4 aliphatic rings. The van der Waals surface area contributed by atoms with Crippen molar-refractivity contribution in [3.63, 3.8) is 0 Å². The number of hydrogen-bond donors (Lipinski definition) is 0. The third-order valence-electron chi connectivity index (χ3n) is 8.10. The lowest BCUT2D eigenvalue weighted by Gasteiger charge is -2.55. The van der Waals surface area contributed by atoms with Gasteiger partial charge in [0.1, 0.15) is 11.3 Å². The molecule has 2 bridgehead atoms. The van der Waals surface area contributed by atoms with Crippen molar-refractivity contribution in [2.24, 2.45) is 24.8 Å². The number of likely N-dealkylation sites (tertiary alicyclic amines) is 1. The van der Waals surface area contributed by atoms with Gasteiger partial charge < -0.3 is 9.47 Å². The van der Waals surface area contributed by atoms with Gasteiger partial charge in [-0.1, -0.05) is 6.42 Å². The fraction of sp³-hybridized carbons (Fsp3) is 0.696. The van der Waals surface area contributed by atoms with Crippen LogP contribution in [0.1, 0.15) is 54.7 Å². The number of nitrogens with zero attached hydrogens (tertiary/aromatic N) is 5. The van der Waals surface area contributed by atoms with E-state index in [1.807, 2.05) is 24.6 Å². The first-order valence-corrected chi connectivity index (χ1v) is 11.4. The molecule has 0 radical (unpaired) electrons. The molecule has 6 heteroatoms. The molecule has 4 fully saturated rings. The second-order valence-electron chi connectivity index (χ2n) is 9.92. The molecule has 154 valence electrons. The average Bonchev–Trinajstić information content (AvgIpc) is 3.53. The molecule has 2 aromatic rings. The number of carbonyl (C=O) groups excluding carboxylic acids is 1. The summed E-state index contributed by atoms with van der Waals surface area (Å²) in [6.45, 7) is 4.96. The highest BCUT2D eigenvalue weighted by atomic mass is 16.2. The van der Waals surface area contributed by atoms with Crippen molar-refractivity contribution >= 4 is 17.1 Å². The van der Waals surface area contributed by atoms with Crippen LogP contribution in [0, 0.1) is 24.7 Å². The molecular weight excluding hydrogens is 362 g/mol. The normalized spacial score (nSPS) is 32.4. The molecule has 0 aromatic carbocycles. The van der Waals surface area contributed by atoms with Crippen molar-refractivity contribution in [2.45, 2.75) is 57.5 Å². The van der Waals surface area contributed by atoms with Crippen LogP contribution in [-0.4, -0.2) is 62.0 Å². The van der Waals surface area contributed by atoms with Crippen LogP contribution in [-0.2, 0) is 7.05 Å². The van der Waals surface area contributed by atoms with E-state index < -0.39 is 0 Å². The van der Waals surface area contributed by atoms with Gasteiger partial charge in [0, 0.05) is 45.0 Å². The minimum Gasteiger partial charge on any atom is -0.338 e. The Morgan fingerprint density at radius 2 is 1.86 bits per heavy atom. The molecule has 5 heterocycles. The van der Waals surface area contributed by atoms with Gasteiger partial charge >= 0.3 is 0 Å². The zero-order valence-corrected chi connectivity index (χ0v) is 17.5. The van der Waals surface area contributed by atoms with Crippen LogP contribution in [0.3, 0.4) is 0 Å². The summed E-state index contributed by atoms with van der Waals surface area (Å²) in [5, 5.41) is 0. The van der Waals surface area contributed by atoms with Gasteiger partial charge in [-0.15, -0.1) is 0 Å². The third kappa shape index (κ3) is 2.82. The number of rotatable bonds is 2. The maximum atomic E-state index is 13.5. The summed E-state index contributed by atoms with van der Waals surface area (Å²) in [5.74, 6) is 3.26. The van der Waals surface area contributed by atoms with Crippen molar-refractivity contribution < 1.29 is 4.79 Å². The molecule has 6 nitrogen and oxygen atoms in total. The fourth-order valence-electron chi connectivity index (χ4n) is 6.53. The lowest BCUT2D eigenvalue weighted by molar-refractivity contribution is -0.0550. The number of imidazole rings is 1. The zero-order valence-electron chi connectivity index (χ0n) is 17.5. The summed E-state index contributed by atoms with van der Waals surface area (Å²) in [7, 11) is 1.96. The Morgan fingerprint density at radius 3 is 2.66 bits per heavy atom. The lowest BCUT2D eigenvalue weighted by Crippen LogP contribution is -2.62. The Labute approximate surface area is 172 Å². The molecule has 0 spiro atoms. The van der Waals surface area contributed by atoms with Crippen molar-refractivity contribution in [1.29, 1.82) is 0 Å². The van der Waals surface area contributed by atoms with Gasteiger partial charge in [-0.25, -0.2) is 9.97 Å². The van der Waals surface area contributed by atoms with E-state index in [0.717, 1.165) is 47.6 Å². The molecule has 2 aromatic heterocycles. The second kappa shape index (κ2) is 6.53. The van der Waals surface area contributed by atoms with Gasteiger partial charge in [0.25, 0.3) is 5.91 Å². The fourth-order valence-corrected chi connectivity index (χ4v) is 6.53. The Bertz CT molecular complexity index is 964. The topological polar surface area (TPSA) is 54.3 Å². The molecule has 1 amide bonds. The molecule has 1 saturated carbocycles. The van der Waals surface area contributed by atoms with Gasteiger partial charge in [0.05, 0.1) is 5.56 Å².